The van der Waals surface area contributed by atoms with Gasteiger partial charge in [0.1, 0.15) is 5.69 Å². The highest BCUT2D eigenvalue weighted by molar-refractivity contribution is 5.94. The van der Waals surface area contributed by atoms with E-state index in [2.05, 4.69) is 15.4 Å². The van der Waals surface area contributed by atoms with Crippen molar-refractivity contribution in [2.24, 2.45) is 0 Å². The first-order chi connectivity index (χ1) is 17.7. The zero-order valence-corrected chi connectivity index (χ0v) is 19.6. The van der Waals surface area contributed by atoms with Crippen LogP contribution in [0.5, 0.6) is 0 Å². The van der Waals surface area contributed by atoms with Crippen molar-refractivity contribution in [2.45, 2.75) is 50.6 Å². The number of carbonyl (C=O) groups is 1. The molecule has 1 aliphatic rings. The molecule has 0 spiro atoms. The van der Waals surface area contributed by atoms with Crippen LogP contribution in [0, 0.1) is 0 Å². The lowest BCUT2D eigenvalue weighted by Crippen LogP contribution is -2.38. The number of carbonyl (C=O) groups excluding carboxylic acids is 1. The van der Waals surface area contributed by atoms with Crippen LogP contribution in [0.15, 0.2) is 59.8 Å². The van der Waals surface area contributed by atoms with Crippen molar-refractivity contribution in [1.82, 2.24) is 25.1 Å². The van der Waals surface area contributed by atoms with Crippen molar-refractivity contribution in [2.75, 3.05) is 0 Å². The summed E-state index contributed by atoms with van der Waals surface area (Å²) in [6, 6.07) is 11.3. The fourth-order valence-electron chi connectivity index (χ4n) is 4.66. The highest BCUT2D eigenvalue weighted by atomic mass is 19.4. The Morgan fingerprint density at radius 1 is 1.14 bits per heavy atom. The van der Waals surface area contributed by atoms with E-state index in [-0.39, 0.29) is 52.2 Å². The summed E-state index contributed by atoms with van der Waals surface area (Å²) < 4.78 is 41.1. The molecule has 192 valence electrons. The fraction of sp³-hybridized carbons (Fsp3) is 0.308. The first kappa shape index (κ1) is 24.7. The maximum atomic E-state index is 13.2. The molecule has 0 radical (unpaired) electrons. The molecule has 1 saturated carbocycles. The van der Waals surface area contributed by atoms with Gasteiger partial charge >= 0.3 is 6.18 Å². The Balaban J connectivity index is 1.36. The lowest BCUT2D eigenvalue weighted by Gasteiger charge is -2.26. The molecule has 3 N–H and O–H groups in total. The number of aromatic amines is 1. The van der Waals surface area contributed by atoms with E-state index in [4.69, 9.17) is 0 Å². The van der Waals surface area contributed by atoms with Gasteiger partial charge in [0.05, 0.1) is 36.1 Å². The van der Waals surface area contributed by atoms with Gasteiger partial charge in [-0.1, -0.05) is 18.2 Å². The zero-order chi connectivity index (χ0) is 26.2. The minimum absolute atomic E-state index is 0.0195. The van der Waals surface area contributed by atoms with E-state index < -0.39 is 11.9 Å². The molecular weight excluding hydrogens is 487 g/mol. The number of fused-ring (bicyclic) bond motifs is 1. The molecule has 0 unspecified atom stereocenters. The van der Waals surface area contributed by atoms with Crippen LogP contribution in [-0.4, -0.2) is 42.9 Å². The number of nitrogens with one attached hydrogen (secondary N) is 2. The van der Waals surface area contributed by atoms with Gasteiger partial charge in [-0.05, 0) is 61.1 Å². The second kappa shape index (κ2) is 9.81. The summed E-state index contributed by atoms with van der Waals surface area (Å²) in [5.74, 6) is -0.211. The van der Waals surface area contributed by atoms with Gasteiger partial charge in [-0.25, -0.2) is 4.98 Å². The number of amides is 1. The van der Waals surface area contributed by atoms with Crippen molar-refractivity contribution in [3.05, 3.63) is 82.2 Å². The van der Waals surface area contributed by atoms with Gasteiger partial charge < -0.3 is 10.4 Å². The molecule has 1 fully saturated rings. The maximum Gasteiger partial charge on any atom is 0.433 e. The van der Waals surface area contributed by atoms with Crippen molar-refractivity contribution in [1.29, 1.82) is 0 Å². The summed E-state index contributed by atoms with van der Waals surface area (Å²) in [4.78, 5) is 30.1. The monoisotopic (exact) mass is 511 g/mol. The van der Waals surface area contributed by atoms with Gasteiger partial charge in [-0.3, -0.25) is 19.3 Å². The number of aliphatic hydroxyl groups excluding tert-OH is 1. The maximum absolute atomic E-state index is 13.2. The van der Waals surface area contributed by atoms with Gasteiger partial charge in [0.15, 0.2) is 0 Å². The minimum Gasteiger partial charge on any atom is -0.393 e. The molecule has 0 atom stereocenters. The van der Waals surface area contributed by atoms with Crippen LogP contribution in [0.3, 0.4) is 0 Å². The van der Waals surface area contributed by atoms with E-state index in [9.17, 15) is 27.9 Å². The third kappa shape index (κ3) is 5.26. The summed E-state index contributed by atoms with van der Waals surface area (Å²) in [5.41, 5.74) is 0.249. The van der Waals surface area contributed by atoms with Gasteiger partial charge in [0, 0.05) is 17.2 Å². The summed E-state index contributed by atoms with van der Waals surface area (Å²) in [6.07, 6.45) is 0.309. The van der Waals surface area contributed by atoms with E-state index in [1.54, 1.807) is 24.3 Å². The van der Waals surface area contributed by atoms with Crippen LogP contribution in [-0.2, 0) is 12.7 Å². The molecule has 2 aromatic heterocycles. The molecule has 0 bridgehead atoms. The number of benzene rings is 2. The summed E-state index contributed by atoms with van der Waals surface area (Å²) >= 11 is 0. The zero-order valence-electron chi connectivity index (χ0n) is 19.6. The minimum atomic E-state index is -4.60. The number of nitrogens with zero attached hydrogens (tertiary/aromatic N) is 3. The second-order valence-corrected chi connectivity index (χ2v) is 9.25. The Kier molecular flexibility index (Phi) is 6.55. The smallest absolute Gasteiger partial charge is 0.393 e. The number of alkyl halides is 3. The lowest BCUT2D eigenvalue weighted by molar-refractivity contribution is -0.140. The van der Waals surface area contributed by atoms with E-state index >= 15 is 0 Å². The number of aliphatic hydroxyl groups is 1. The lowest BCUT2D eigenvalue weighted by atomic mass is 9.93. The van der Waals surface area contributed by atoms with Gasteiger partial charge in [0.2, 0.25) is 0 Å². The molecule has 37 heavy (non-hydrogen) atoms. The normalized spacial score (nSPS) is 18.2. The summed E-state index contributed by atoms with van der Waals surface area (Å²) in [7, 11) is 0. The first-order valence-electron chi connectivity index (χ1n) is 11.9. The second-order valence-electron chi connectivity index (χ2n) is 9.25. The van der Waals surface area contributed by atoms with E-state index in [0.29, 0.717) is 18.4 Å². The van der Waals surface area contributed by atoms with Crippen molar-refractivity contribution >= 4 is 16.8 Å². The molecule has 1 aliphatic carbocycles. The Hall–Kier alpha value is -3.99. The van der Waals surface area contributed by atoms with Crippen LogP contribution in [0.1, 0.15) is 47.3 Å². The number of hydrogen-bond acceptors (Lipinski definition) is 5. The molecule has 8 nitrogen and oxygen atoms in total. The average Bonchev–Trinajstić information content (AvgIpc) is 3.38. The van der Waals surface area contributed by atoms with Gasteiger partial charge in [0.25, 0.3) is 11.5 Å². The highest BCUT2D eigenvalue weighted by Crippen LogP contribution is 2.35. The Morgan fingerprint density at radius 2 is 1.92 bits per heavy atom. The number of halogens is 3. The molecule has 1 amide bonds. The average molecular weight is 512 g/mol. The SMILES string of the molecule is O=C(NC1CCC(O)CC1)c1cccc(Cn2cnc3cc(-c4cn[nH]c4C(F)(F)F)ccc3c2=O)c1. The van der Waals surface area contributed by atoms with Gasteiger partial charge in [-0.2, -0.15) is 18.3 Å². The first-order valence-corrected chi connectivity index (χ1v) is 11.9. The predicted octanol–water partition coefficient (Wildman–Crippen LogP) is 3.89. The molecule has 2 aromatic carbocycles. The fourth-order valence-corrected chi connectivity index (χ4v) is 4.66. The van der Waals surface area contributed by atoms with Crippen LogP contribution in [0.25, 0.3) is 22.0 Å². The third-order valence-electron chi connectivity index (χ3n) is 6.63. The quantitative estimate of drug-likeness (QED) is 0.376. The predicted molar refractivity (Wildman–Crippen MR) is 130 cm³/mol. The Bertz CT molecular complexity index is 1500. The summed E-state index contributed by atoms with van der Waals surface area (Å²) in [5, 5.41) is 18.4. The molecule has 2 heterocycles. The van der Waals surface area contributed by atoms with E-state index in [0.717, 1.165) is 24.6 Å². The van der Waals surface area contributed by atoms with Crippen LogP contribution < -0.4 is 10.9 Å². The Labute approximate surface area is 209 Å². The third-order valence-corrected chi connectivity index (χ3v) is 6.63. The van der Waals surface area contributed by atoms with Gasteiger partial charge in [-0.15, -0.1) is 0 Å². The number of hydrogen-bond donors (Lipinski definition) is 3. The van der Waals surface area contributed by atoms with Crippen LogP contribution in [0.2, 0.25) is 0 Å². The number of aromatic nitrogens is 4. The standard InChI is InChI=1S/C26H24F3N5O3/c27-26(28,29)23-21(12-31-33-23)16-4-9-20-22(11-16)30-14-34(25(20)37)13-15-2-1-3-17(10-15)24(36)32-18-5-7-19(35)8-6-18/h1-4,9-12,14,18-19,35H,5-8,13H2,(H,31,33)(H,32,36). The van der Waals surface area contributed by atoms with E-state index in [1.807, 2.05) is 5.10 Å². The molecule has 4 aromatic rings. The van der Waals surface area contributed by atoms with Crippen LogP contribution >= 0.6 is 0 Å². The Morgan fingerprint density at radius 3 is 2.68 bits per heavy atom. The largest absolute Gasteiger partial charge is 0.433 e. The topological polar surface area (TPSA) is 113 Å². The number of H-pyrrole nitrogens is 1. The molecule has 5 rings (SSSR count). The van der Waals surface area contributed by atoms with Crippen LogP contribution in [0.4, 0.5) is 13.2 Å². The van der Waals surface area contributed by atoms with Crippen molar-refractivity contribution in [3.8, 4) is 11.1 Å². The summed E-state index contributed by atoms with van der Waals surface area (Å²) in [6.45, 7) is 0.167. The van der Waals surface area contributed by atoms with E-state index in [1.165, 1.54) is 29.1 Å². The molecule has 0 saturated heterocycles. The molecule has 11 heteroatoms. The number of rotatable bonds is 5. The van der Waals surface area contributed by atoms with Crippen molar-refractivity contribution < 1.29 is 23.1 Å². The molecular formula is C26H24F3N5O3. The highest BCUT2D eigenvalue weighted by Gasteiger charge is 2.36. The molecule has 0 aliphatic heterocycles. The van der Waals surface area contributed by atoms with Crippen molar-refractivity contribution in [3.63, 3.8) is 0 Å².